The molecule has 0 aromatic carbocycles. The van der Waals surface area contributed by atoms with Crippen LogP contribution in [0.1, 0.15) is 29.0 Å². The molecule has 0 aliphatic carbocycles. The fourth-order valence-electron chi connectivity index (χ4n) is 2.04. The van der Waals surface area contributed by atoms with Crippen LogP contribution in [0.4, 0.5) is 13.2 Å². The van der Waals surface area contributed by atoms with E-state index in [0.717, 1.165) is 4.68 Å². The third-order valence-electron chi connectivity index (χ3n) is 3.06. The fourth-order valence-corrected chi connectivity index (χ4v) is 2.04. The molecule has 5 nitrogen and oxygen atoms in total. The van der Waals surface area contributed by atoms with Crippen molar-refractivity contribution in [3.63, 3.8) is 0 Å². The van der Waals surface area contributed by atoms with Gasteiger partial charge in [0.05, 0.1) is 0 Å². The van der Waals surface area contributed by atoms with Gasteiger partial charge in [-0.25, -0.2) is 4.79 Å². The molecule has 1 saturated heterocycles. The maximum absolute atomic E-state index is 12.5. The zero-order valence-corrected chi connectivity index (χ0v) is 9.98. The van der Waals surface area contributed by atoms with Gasteiger partial charge in [0.15, 0.2) is 5.69 Å². The van der Waals surface area contributed by atoms with Crippen molar-refractivity contribution < 1.29 is 27.8 Å². The molecule has 1 N–H and O–H groups in total. The maximum Gasteiger partial charge on any atom is 0.435 e. The molecule has 0 saturated carbocycles. The Morgan fingerprint density at radius 1 is 1.47 bits per heavy atom. The number of alkyl halides is 3. The molecule has 1 aromatic rings. The Morgan fingerprint density at radius 2 is 2.11 bits per heavy atom. The Morgan fingerprint density at radius 3 is 2.63 bits per heavy atom. The van der Waals surface area contributed by atoms with Crippen molar-refractivity contribution in [1.29, 1.82) is 0 Å². The molecule has 106 valence electrons. The molecular weight excluding hydrogens is 265 g/mol. The van der Waals surface area contributed by atoms with Crippen molar-refractivity contribution in [2.45, 2.75) is 25.6 Å². The third kappa shape index (κ3) is 3.25. The fraction of sp³-hybridized carbons (Fsp3) is 0.636. The van der Waals surface area contributed by atoms with Crippen molar-refractivity contribution in [1.82, 2.24) is 9.78 Å². The number of aromatic nitrogens is 2. The van der Waals surface area contributed by atoms with Crippen molar-refractivity contribution in [3.05, 3.63) is 17.5 Å². The average molecular weight is 278 g/mol. The van der Waals surface area contributed by atoms with Gasteiger partial charge < -0.3 is 9.84 Å². The minimum atomic E-state index is -4.63. The van der Waals surface area contributed by atoms with Crippen molar-refractivity contribution in [2.75, 3.05) is 13.2 Å². The molecule has 0 atom stereocenters. The van der Waals surface area contributed by atoms with Crippen LogP contribution in [-0.4, -0.2) is 34.1 Å². The minimum Gasteiger partial charge on any atom is -0.477 e. The van der Waals surface area contributed by atoms with Gasteiger partial charge in [-0.15, -0.1) is 0 Å². The normalized spacial score (nSPS) is 17.6. The number of carbonyl (C=O) groups is 1. The monoisotopic (exact) mass is 278 g/mol. The van der Waals surface area contributed by atoms with Crippen LogP contribution in [-0.2, 0) is 17.5 Å². The number of ether oxygens (including phenoxy) is 1. The van der Waals surface area contributed by atoms with E-state index in [0.29, 0.717) is 32.1 Å². The van der Waals surface area contributed by atoms with Gasteiger partial charge in [-0.3, -0.25) is 4.68 Å². The number of halogens is 3. The number of nitrogens with zero attached hydrogens (tertiary/aromatic N) is 2. The summed E-state index contributed by atoms with van der Waals surface area (Å²) in [5.74, 6) is -1.32. The van der Waals surface area contributed by atoms with Crippen molar-refractivity contribution in [3.8, 4) is 0 Å². The summed E-state index contributed by atoms with van der Waals surface area (Å²) < 4.78 is 43.7. The summed E-state index contributed by atoms with van der Waals surface area (Å²) in [6, 6.07) is 0.571. The summed E-state index contributed by atoms with van der Waals surface area (Å²) in [5.41, 5.74) is -1.60. The Kier molecular flexibility index (Phi) is 3.79. The van der Waals surface area contributed by atoms with Gasteiger partial charge in [0, 0.05) is 25.8 Å². The van der Waals surface area contributed by atoms with E-state index in [1.807, 2.05) is 0 Å². The number of aromatic carboxylic acids is 1. The van der Waals surface area contributed by atoms with Gasteiger partial charge >= 0.3 is 12.1 Å². The van der Waals surface area contributed by atoms with Gasteiger partial charge in [0.1, 0.15) is 5.69 Å². The lowest BCUT2D eigenvalue weighted by molar-refractivity contribution is -0.141. The van der Waals surface area contributed by atoms with Crippen LogP contribution in [0.3, 0.4) is 0 Å². The van der Waals surface area contributed by atoms with E-state index in [4.69, 9.17) is 9.84 Å². The molecule has 1 aliphatic rings. The topological polar surface area (TPSA) is 64.3 Å². The van der Waals surface area contributed by atoms with Crippen LogP contribution in [0, 0.1) is 5.92 Å². The zero-order valence-electron chi connectivity index (χ0n) is 9.98. The predicted molar refractivity (Wildman–Crippen MR) is 57.7 cm³/mol. The van der Waals surface area contributed by atoms with E-state index in [2.05, 4.69) is 5.10 Å². The smallest absolute Gasteiger partial charge is 0.435 e. The molecule has 1 aliphatic heterocycles. The van der Waals surface area contributed by atoms with Gasteiger partial charge in [-0.05, 0) is 18.8 Å². The zero-order chi connectivity index (χ0) is 14.0. The molecule has 0 amide bonds. The molecular formula is C11H13F3N2O3. The summed E-state index contributed by atoms with van der Waals surface area (Å²) in [6.07, 6.45) is -3.24. The molecule has 8 heteroatoms. The number of hydrogen-bond donors (Lipinski definition) is 1. The first kappa shape index (κ1) is 13.9. The van der Waals surface area contributed by atoms with Crippen LogP contribution in [0.5, 0.6) is 0 Å². The molecule has 2 heterocycles. The van der Waals surface area contributed by atoms with Crippen LogP contribution in [0.2, 0.25) is 0 Å². The highest BCUT2D eigenvalue weighted by Crippen LogP contribution is 2.29. The van der Waals surface area contributed by atoms with E-state index >= 15 is 0 Å². The molecule has 0 spiro atoms. The third-order valence-corrected chi connectivity index (χ3v) is 3.06. The van der Waals surface area contributed by atoms with Gasteiger partial charge in [-0.2, -0.15) is 18.3 Å². The van der Waals surface area contributed by atoms with Crippen molar-refractivity contribution in [2.24, 2.45) is 5.92 Å². The SMILES string of the molecule is O=C(O)c1cc(C(F)(F)F)nn1CC1CCOCC1. The van der Waals surface area contributed by atoms with Crippen LogP contribution < -0.4 is 0 Å². The first-order valence-corrected chi connectivity index (χ1v) is 5.84. The molecule has 0 unspecified atom stereocenters. The second-order valence-corrected chi connectivity index (χ2v) is 4.46. The van der Waals surface area contributed by atoms with Gasteiger partial charge in [0.2, 0.25) is 0 Å². The Balaban J connectivity index is 2.22. The van der Waals surface area contributed by atoms with E-state index in [1.54, 1.807) is 0 Å². The van der Waals surface area contributed by atoms with E-state index in [-0.39, 0.29) is 12.5 Å². The Labute approximate surface area is 107 Å². The van der Waals surface area contributed by atoms with Crippen LogP contribution in [0.15, 0.2) is 6.07 Å². The second kappa shape index (κ2) is 5.20. The summed E-state index contributed by atoms with van der Waals surface area (Å²) in [4.78, 5) is 11.0. The van der Waals surface area contributed by atoms with Gasteiger partial charge in [0.25, 0.3) is 0 Å². The summed E-state index contributed by atoms with van der Waals surface area (Å²) in [6.45, 7) is 1.25. The summed E-state index contributed by atoms with van der Waals surface area (Å²) in [7, 11) is 0. The van der Waals surface area contributed by atoms with Gasteiger partial charge in [-0.1, -0.05) is 0 Å². The number of hydrogen-bond acceptors (Lipinski definition) is 3. The quantitative estimate of drug-likeness (QED) is 0.918. The van der Waals surface area contributed by atoms with E-state index in [1.165, 1.54) is 0 Å². The largest absolute Gasteiger partial charge is 0.477 e. The Hall–Kier alpha value is -1.57. The molecule has 2 rings (SSSR count). The Bertz CT molecular complexity index is 464. The first-order valence-electron chi connectivity index (χ1n) is 5.84. The lowest BCUT2D eigenvalue weighted by Crippen LogP contribution is -2.23. The number of rotatable bonds is 3. The van der Waals surface area contributed by atoms with E-state index in [9.17, 15) is 18.0 Å². The van der Waals surface area contributed by atoms with Crippen LogP contribution in [0.25, 0.3) is 0 Å². The summed E-state index contributed by atoms with van der Waals surface area (Å²) in [5, 5.41) is 12.3. The number of carboxylic acids is 1. The summed E-state index contributed by atoms with van der Waals surface area (Å²) >= 11 is 0. The molecule has 0 bridgehead atoms. The highest BCUT2D eigenvalue weighted by Gasteiger charge is 2.36. The molecule has 1 fully saturated rings. The maximum atomic E-state index is 12.5. The highest BCUT2D eigenvalue weighted by atomic mass is 19.4. The van der Waals surface area contributed by atoms with Crippen molar-refractivity contribution >= 4 is 5.97 Å². The second-order valence-electron chi connectivity index (χ2n) is 4.46. The number of carboxylic acid groups (broad SMARTS) is 1. The molecule has 0 radical (unpaired) electrons. The first-order chi connectivity index (χ1) is 8.88. The van der Waals surface area contributed by atoms with E-state index < -0.39 is 23.5 Å². The lowest BCUT2D eigenvalue weighted by atomic mass is 10.0. The standard InChI is InChI=1S/C11H13F3N2O3/c12-11(13,14)9-5-8(10(17)18)16(15-9)6-7-1-3-19-4-2-7/h5,7H,1-4,6H2,(H,17,18). The molecule has 1 aromatic heterocycles. The molecule has 19 heavy (non-hydrogen) atoms. The lowest BCUT2D eigenvalue weighted by Gasteiger charge is -2.22. The average Bonchev–Trinajstić information content (AvgIpc) is 2.74. The highest BCUT2D eigenvalue weighted by molar-refractivity contribution is 5.85. The van der Waals surface area contributed by atoms with Crippen LogP contribution >= 0.6 is 0 Å². The predicted octanol–water partition coefficient (Wildman–Crippen LogP) is 2.03. The minimum absolute atomic E-state index is 0.0906.